The van der Waals surface area contributed by atoms with Crippen LogP contribution in [-0.2, 0) is 12.1 Å². The summed E-state index contributed by atoms with van der Waals surface area (Å²) in [5, 5.41) is 13.6. The molecule has 1 heterocycles. The van der Waals surface area contributed by atoms with E-state index in [0.717, 1.165) is 15.8 Å². The molecule has 0 aliphatic rings. The number of benzene rings is 1. The Morgan fingerprint density at radius 1 is 1.40 bits per heavy atom. The van der Waals surface area contributed by atoms with Crippen LogP contribution in [0, 0.1) is 0 Å². The van der Waals surface area contributed by atoms with Gasteiger partial charge >= 0.3 is 0 Å². The van der Waals surface area contributed by atoms with Crippen molar-refractivity contribution in [1.82, 2.24) is 5.32 Å². The summed E-state index contributed by atoms with van der Waals surface area (Å²) in [5.41, 5.74) is -0.0138. The van der Waals surface area contributed by atoms with Crippen molar-refractivity contribution in [2.75, 3.05) is 13.7 Å². The van der Waals surface area contributed by atoms with Crippen LogP contribution in [-0.4, -0.2) is 18.8 Å². The van der Waals surface area contributed by atoms with Gasteiger partial charge in [0.1, 0.15) is 17.1 Å². The van der Waals surface area contributed by atoms with Crippen molar-refractivity contribution >= 4 is 15.9 Å². The monoisotopic (exact) mass is 339 g/mol. The molecule has 0 fully saturated rings. The Morgan fingerprint density at radius 2 is 2.20 bits per heavy atom. The topological polar surface area (TPSA) is 54.6 Å². The van der Waals surface area contributed by atoms with E-state index in [9.17, 15) is 5.11 Å². The summed E-state index contributed by atoms with van der Waals surface area (Å²) in [7, 11) is 1.64. The summed E-state index contributed by atoms with van der Waals surface area (Å²) < 4.78 is 11.5. The van der Waals surface area contributed by atoms with E-state index in [1.165, 1.54) is 0 Å². The standard InChI is InChI=1S/C15H18BrNO3/c1-15(18,14-4-3-7-20-14)10-17-9-11-8-12(16)5-6-13(11)19-2/h3-8,17-18H,9-10H2,1-2H3. The summed E-state index contributed by atoms with van der Waals surface area (Å²) in [4.78, 5) is 0. The number of rotatable bonds is 6. The molecule has 0 spiro atoms. The Balaban J connectivity index is 1.98. The molecule has 0 radical (unpaired) electrons. The lowest BCUT2D eigenvalue weighted by Crippen LogP contribution is -2.34. The lowest BCUT2D eigenvalue weighted by molar-refractivity contribution is 0.0340. The molecule has 1 aromatic heterocycles. The van der Waals surface area contributed by atoms with Gasteiger partial charge in [-0.1, -0.05) is 15.9 Å². The highest BCUT2D eigenvalue weighted by Gasteiger charge is 2.25. The van der Waals surface area contributed by atoms with Gasteiger partial charge in [-0.25, -0.2) is 0 Å². The summed E-state index contributed by atoms with van der Waals surface area (Å²) in [5.74, 6) is 1.37. The number of aliphatic hydroxyl groups is 1. The second-order valence-electron chi connectivity index (χ2n) is 4.81. The molecular weight excluding hydrogens is 322 g/mol. The molecule has 5 heteroatoms. The average Bonchev–Trinajstić information content (AvgIpc) is 2.93. The number of halogens is 1. The zero-order valence-electron chi connectivity index (χ0n) is 11.5. The van der Waals surface area contributed by atoms with E-state index >= 15 is 0 Å². The van der Waals surface area contributed by atoms with Crippen molar-refractivity contribution in [1.29, 1.82) is 0 Å². The third-order valence-corrected chi connectivity index (χ3v) is 3.57. The van der Waals surface area contributed by atoms with Crippen LogP contribution >= 0.6 is 15.9 Å². The van der Waals surface area contributed by atoms with Gasteiger partial charge < -0.3 is 19.6 Å². The minimum atomic E-state index is -1.04. The molecular formula is C15H18BrNO3. The molecule has 1 unspecified atom stereocenters. The van der Waals surface area contributed by atoms with Crippen LogP contribution in [0.2, 0.25) is 0 Å². The molecule has 2 N–H and O–H groups in total. The third-order valence-electron chi connectivity index (χ3n) is 3.08. The van der Waals surface area contributed by atoms with Gasteiger partial charge in [0, 0.05) is 23.1 Å². The molecule has 108 valence electrons. The summed E-state index contributed by atoms with van der Waals surface area (Å²) >= 11 is 3.44. The largest absolute Gasteiger partial charge is 0.496 e. The minimum absolute atomic E-state index is 0.385. The van der Waals surface area contributed by atoms with Crippen molar-refractivity contribution in [3.63, 3.8) is 0 Å². The Morgan fingerprint density at radius 3 is 2.85 bits per heavy atom. The first-order valence-corrected chi connectivity index (χ1v) is 7.12. The molecule has 0 bridgehead atoms. The Kier molecular flexibility index (Phi) is 4.86. The fourth-order valence-corrected chi connectivity index (χ4v) is 2.41. The van der Waals surface area contributed by atoms with Crippen LogP contribution in [0.15, 0.2) is 45.5 Å². The lowest BCUT2D eigenvalue weighted by atomic mass is 10.0. The fraction of sp³-hybridized carbons (Fsp3) is 0.333. The molecule has 2 rings (SSSR count). The smallest absolute Gasteiger partial charge is 0.136 e. The van der Waals surface area contributed by atoms with Gasteiger partial charge in [-0.05, 0) is 37.3 Å². The van der Waals surface area contributed by atoms with Crippen LogP contribution in [0.1, 0.15) is 18.2 Å². The van der Waals surface area contributed by atoms with E-state index in [0.29, 0.717) is 18.8 Å². The average molecular weight is 340 g/mol. The predicted octanol–water partition coefficient (Wildman–Crippen LogP) is 3.05. The number of furan rings is 1. The van der Waals surface area contributed by atoms with Crippen LogP contribution in [0.4, 0.5) is 0 Å². The van der Waals surface area contributed by atoms with Crippen molar-refractivity contribution in [3.8, 4) is 5.75 Å². The van der Waals surface area contributed by atoms with E-state index in [2.05, 4.69) is 21.2 Å². The van der Waals surface area contributed by atoms with Crippen molar-refractivity contribution < 1.29 is 14.3 Å². The molecule has 0 saturated heterocycles. The SMILES string of the molecule is COc1ccc(Br)cc1CNCC(C)(O)c1ccco1. The molecule has 1 aromatic carbocycles. The molecule has 1 atom stereocenters. The van der Waals surface area contributed by atoms with E-state index in [1.807, 2.05) is 18.2 Å². The van der Waals surface area contributed by atoms with Gasteiger partial charge in [0.25, 0.3) is 0 Å². The summed E-state index contributed by atoms with van der Waals surface area (Å²) in [6.07, 6.45) is 1.56. The molecule has 20 heavy (non-hydrogen) atoms. The van der Waals surface area contributed by atoms with Gasteiger partial charge in [-0.3, -0.25) is 0 Å². The number of ether oxygens (including phenoxy) is 1. The highest BCUT2D eigenvalue weighted by molar-refractivity contribution is 9.10. The Labute approximate surface area is 126 Å². The molecule has 0 saturated carbocycles. The predicted molar refractivity (Wildman–Crippen MR) is 80.7 cm³/mol. The highest BCUT2D eigenvalue weighted by Crippen LogP contribution is 2.24. The molecule has 0 amide bonds. The maximum atomic E-state index is 10.3. The first-order valence-electron chi connectivity index (χ1n) is 6.32. The lowest BCUT2D eigenvalue weighted by Gasteiger charge is -2.21. The van der Waals surface area contributed by atoms with E-state index in [-0.39, 0.29) is 0 Å². The zero-order valence-corrected chi connectivity index (χ0v) is 13.1. The highest BCUT2D eigenvalue weighted by atomic mass is 79.9. The number of hydrogen-bond acceptors (Lipinski definition) is 4. The molecule has 4 nitrogen and oxygen atoms in total. The van der Waals surface area contributed by atoms with E-state index in [4.69, 9.17) is 9.15 Å². The van der Waals surface area contributed by atoms with Crippen LogP contribution in [0.25, 0.3) is 0 Å². The van der Waals surface area contributed by atoms with Crippen molar-refractivity contribution in [3.05, 3.63) is 52.4 Å². The molecule has 0 aliphatic heterocycles. The minimum Gasteiger partial charge on any atom is -0.496 e. The second kappa shape index (κ2) is 6.43. The van der Waals surface area contributed by atoms with Gasteiger partial charge in [0.2, 0.25) is 0 Å². The maximum absolute atomic E-state index is 10.3. The Bertz CT molecular complexity index is 552. The first kappa shape index (κ1) is 15.1. The van der Waals surface area contributed by atoms with Crippen LogP contribution < -0.4 is 10.1 Å². The third kappa shape index (κ3) is 3.62. The first-order chi connectivity index (χ1) is 9.53. The van der Waals surface area contributed by atoms with Crippen molar-refractivity contribution in [2.45, 2.75) is 19.1 Å². The van der Waals surface area contributed by atoms with Gasteiger partial charge in [-0.2, -0.15) is 0 Å². The Hall–Kier alpha value is -1.30. The zero-order chi connectivity index (χ0) is 14.6. The van der Waals surface area contributed by atoms with Gasteiger partial charge in [0.05, 0.1) is 13.4 Å². The second-order valence-corrected chi connectivity index (χ2v) is 5.73. The quantitative estimate of drug-likeness (QED) is 0.849. The fourth-order valence-electron chi connectivity index (χ4n) is 2.00. The van der Waals surface area contributed by atoms with E-state index < -0.39 is 5.60 Å². The van der Waals surface area contributed by atoms with Crippen LogP contribution in [0.5, 0.6) is 5.75 Å². The maximum Gasteiger partial charge on any atom is 0.136 e. The molecule has 0 aliphatic carbocycles. The number of methoxy groups -OCH3 is 1. The van der Waals surface area contributed by atoms with Gasteiger partial charge in [0.15, 0.2) is 0 Å². The van der Waals surface area contributed by atoms with Crippen LogP contribution in [0.3, 0.4) is 0 Å². The number of hydrogen-bond donors (Lipinski definition) is 2. The summed E-state index contributed by atoms with van der Waals surface area (Å²) in [6.45, 7) is 2.70. The normalized spacial score (nSPS) is 14.0. The molecule has 2 aromatic rings. The van der Waals surface area contributed by atoms with Gasteiger partial charge in [-0.15, -0.1) is 0 Å². The van der Waals surface area contributed by atoms with E-state index in [1.54, 1.807) is 32.4 Å². The summed E-state index contributed by atoms with van der Waals surface area (Å²) in [6, 6.07) is 9.36. The van der Waals surface area contributed by atoms with Crippen molar-refractivity contribution in [2.24, 2.45) is 0 Å². The number of nitrogens with one attached hydrogen (secondary N) is 1.